The van der Waals surface area contributed by atoms with Gasteiger partial charge in [0.1, 0.15) is 23.9 Å². The van der Waals surface area contributed by atoms with E-state index in [1.54, 1.807) is 29.3 Å². The molecule has 0 spiro atoms. The summed E-state index contributed by atoms with van der Waals surface area (Å²) in [6.45, 7) is 2.53. The van der Waals surface area contributed by atoms with Gasteiger partial charge in [0, 0.05) is 19.8 Å². The number of nitrogens with zero attached hydrogens (tertiary/aromatic N) is 4. The molecular formula is C28H30F2N4O5. The largest absolute Gasteiger partial charge is 0.487 e. The summed E-state index contributed by atoms with van der Waals surface area (Å²) in [5, 5.41) is 2.65. The van der Waals surface area contributed by atoms with Crippen molar-refractivity contribution in [1.29, 1.82) is 0 Å². The Morgan fingerprint density at radius 1 is 0.974 bits per heavy atom. The molecule has 0 N–H and O–H groups in total. The van der Waals surface area contributed by atoms with Crippen LogP contribution in [0.25, 0.3) is 0 Å². The Kier molecular flexibility index (Phi) is 8.60. The molecule has 0 atom stereocenters. The van der Waals surface area contributed by atoms with Gasteiger partial charge in [-0.15, -0.1) is 0 Å². The van der Waals surface area contributed by atoms with Crippen LogP contribution < -0.4 is 15.2 Å². The number of hydrogen-bond donors (Lipinski definition) is 0. The highest BCUT2D eigenvalue weighted by Crippen LogP contribution is 2.26. The number of pyridine rings is 1. The SMILES string of the molecule is CCCCOc1c2n(cc(C(=O)N(C)OC)c1=O)N(Cc1ccc(F)cc1)CN(Cc1ccc(F)cc1)C2=O. The van der Waals surface area contributed by atoms with Crippen LogP contribution in [0, 0.1) is 11.6 Å². The number of carbonyl (C=O) groups is 2. The van der Waals surface area contributed by atoms with E-state index in [1.165, 1.54) is 54.2 Å². The first kappa shape index (κ1) is 27.8. The third-order valence-corrected chi connectivity index (χ3v) is 6.37. The molecule has 2 amide bonds. The molecule has 0 aliphatic carbocycles. The first-order chi connectivity index (χ1) is 18.7. The number of unbranched alkanes of at least 4 members (excludes halogenated alkanes) is 1. The fraction of sp³-hybridized carbons (Fsp3) is 0.321. The van der Waals surface area contributed by atoms with E-state index in [1.807, 2.05) is 6.92 Å². The second-order valence-corrected chi connectivity index (χ2v) is 9.14. The number of aromatic nitrogens is 1. The quantitative estimate of drug-likeness (QED) is 0.288. The molecule has 9 nitrogen and oxygen atoms in total. The molecule has 0 saturated heterocycles. The van der Waals surface area contributed by atoms with Crippen LogP contribution in [0.1, 0.15) is 51.7 Å². The molecule has 4 rings (SSSR count). The predicted octanol–water partition coefficient (Wildman–Crippen LogP) is 3.69. The highest BCUT2D eigenvalue weighted by molar-refractivity contribution is 5.99. The molecule has 1 aromatic heterocycles. The number of hydroxylamine groups is 2. The van der Waals surface area contributed by atoms with Crippen LogP contribution in [0.15, 0.2) is 59.5 Å². The van der Waals surface area contributed by atoms with Crippen LogP contribution in [0.5, 0.6) is 5.75 Å². The van der Waals surface area contributed by atoms with E-state index in [0.29, 0.717) is 12.0 Å². The molecule has 0 unspecified atom stereocenters. The van der Waals surface area contributed by atoms with Crippen molar-refractivity contribution in [1.82, 2.24) is 14.6 Å². The van der Waals surface area contributed by atoms with Crippen molar-refractivity contribution in [2.45, 2.75) is 32.9 Å². The van der Waals surface area contributed by atoms with Crippen molar-refractivity contribution in [3.8, 4) is 5.75 Å². The van der Waals surface area contributed by atoms with E-state index in [2.05, 4.69) is 0 Å². The molecule has 0 fully saturated rings. The molecule has 0 radical (unpaired) electrons. The fourth-order valence-electron chi connectivity index (χ4n) is 4.19. The number of ether oxygens (including phenoxy) is 1. The molecule has 3 aromatic rings. The molecule has 0 saturated carbocycles. The Morgan fingerprint density at radius 2 is 1.56 bits per heavy atom. The zero-order valence-corrected chi connectivity index (χ0v) is 22.0. The van der Waals surface area contributed by atoms with Gasteiger partial charge >= 0.3 is 0 Å². The minimum Gasteiger partial charge on any atom is -0.487 e. The Morgan fingerprint density at radius 3 is 2.13 bits per heavy atom. The highest BCUT2D eigenvalue weighted by Gasteiger charge is 2.36. The number of hydrogen-bond acceptors (Lipinski definition) is 6. The predicted molar refractivity (Wildman–Crippen MR) is 140 cm³/mol. The van der Waals surface area contributed by atoms with E-state index in [-0.39, 0.29) is 43.4 Å². The van der Waals surface area contributed by atoms with Gasteiger partial charge in [0.25, 0.3) is 11.8 Å². The number of amides is 2. The number of rotatable bonds is 10. The van der Waals surface area contributed by atoms with E-state index >= 15 is 0 Å². The summed E-state index contributed by atoms with van der Waals surface area (Å²) in [5.41, 5.74) is 0.406. The number of fused-ring (bicyclic) bond motifs is 1. The smallest absolute Gasteiger partial charge is 0.282 e. The maximum absolute atomic E-state index is 13.8. The molecule has 1 aliphatic heterocycles. The van der Waals surface area contributed by atoms with Gasteiger partial charge in [0.2, 0.25) is 5.43 Å². The molecule has 2 aromatic carbocycles. The van der Waals surface area contributed by atoms with Crippen molar-refractivity contribution in [3.63, 3.8) is 0 Å². The van der Waals surface area contributed by atoms with Crippen molar-refractivity contribution in [2.75, 3.05) is 32.4 Å². The zero-order chi connectivity index (χ0) is 28.1. The summed E-state index contributed by atoms with van der Waals surface area (Å²) in [7, 11) is 2.67. The van der Waals surface area contributed by atoms with E-state index < -0.39 is 28.9 Å². The second-order valence-electron chi connectivity index (χ2n) is 9.14. The maximum Gasteiger partial charge on any atom is 0.282 e. The van der Waals surface area contributed by atoms with Crippen molar-refractivity contribution < 1.29 is 27.9 Å². The summed E-state index contributed by atoms with van der Waals surface area (Å²) in [4.78, 5) is 46.9. The lowest BCUT2D eigenvalue weighted by Gasteiger charge is -2.40. The number of benzene rings is 2. The van der Waals surface area contributed by atoms with E-state index in [9.17, 15) is 23.2 Å². The first-order valence-corrected chi connectivity index (χ1v) is 12.5. The third kappa shape index (κ3) is 6.09. The number of carbonyl (C=O) groups excluding carboxylic acids is 2. The minimum atomic E-state index is -0.732. The van der Waals surface area contributed by atoms with Gasteiger partial charge in [-0.3, -0.25) is 28.9 Å². The van der Waals surface area contributed by atoms with Gasteiger partial charge in [-0.25, -0.2) is 13.8 Å². The lowest BCUT2D eigenvalue weighted by molar-refractivity contribution is -0.0758. The average molecular weight is 541 g/mol. The van der Waals surface area contributed by atoms with Gasteiger partial charge in [0.05, 0.1) is 20.3 Å². The molecule has 206 valence electrons. The van der Waals surface area contributed by atoms with Crippen molar-refractivity contribution in [3.05, 3.63) is 99.0 Å². The van der Waals surface area contributed by atoms with Gasteiger partial charge in [0.15, 0.2) is 11.4 Å². The van der Waals surface area contributed by atoms with Gasteiger partial charge in [-0.1, -0.05) is 37.6 Å². The van der Waals surface area contributed by atoms with Crippen molar-refractivity contribution in [2.24, 2.45) is 0 Å². The summed E-state index contributed by atoms with van der Waals surface area (Å²) in [6, 6.07) is 11.7. The standard InChI is InChI=1S/C28H30F2N4O5/c1-4-5-14-39-26-24-28(37)32(15-19-6-10-21(29)11-7-19)18-33(16-20-8-12-22(30)13-9-20)34(24)17-23(25(26)35)27(36)31(2)38-3/h6-13,17H,4-5,14-16,18H2,1-3H3. The van der Waals surface area contributed by atoms with E-state index in [0.717, 1.165) is 17.0 Å². The molecule has 1 aliphatic rings. The minimum absolute atomic E-state index is 0.0387. The highest BCUT2D eigenvalue weighted by atomic mass is 19.1. The lowest BCUT2D eigenvalue weighted by atomic mass is 10.1. The zero-order valence-electron chi connectivity index (χ0n) is 22.0. The third-order valence-electron chi connectivity index (χ3n) is 6.37. The molecule has 2 heterocycles. The molecule has 11 heteroatoms. The lowest BCUT2D eigenvalue weighted by Crippen LogP contribution is -2.54. The summed E-state index contributed by atoms with van der Waals surface area (Å²) in [5.74, 6) is -2.23. The Labute approximate surface area is 224 Å². The molecule has 0 bridgehead atoms. The second kappa shape index (κ2) is 12.1. The van der Waals surface area contributed by atoms with Crippen LogP contribution in [0.2, 0.25) is 0 Å². The van der Waals surface area contributed by atoms with Crippen LogP contribution >= 0.6 is 0 Å². The summed E-state index contributed by atoms with van der Waals surface area (Å²) < 4.78 is 34.4. The first-order valence-electron chi connectivity index (χ1n) is 12.5. The molecular weight excluding hydrogens is 510 g/mol. The van der Waals surface area contributed by atoms with E-state index in [4.69, 9.17) is 9.57 Å². The average Bonchev–Trinajstić information content (AvgIpc) is 2.93. The maximum atomic E-state index is 13.8. The van der Waals surface area contributed by atoms with Gasteiger partial charge in [-0.2, -0.15) is 0 Å². The summed E-state index contributed by atoms with van der Waals surface area (Å²) in [6.07, 6.45) is 2.72. The Bertz CT molecular complexity index is 1390. The Balaban J connectivity index is 1.85. The normalized spacial score (nSPS) is 12.9. The van der Waals surface area contributed by atoms with Crippen molar-refractivity contribution >= 4 is 11.8 Å². The summed E-state index contributed by atoms with van der Waals surface area (Å²) >= 11 is 0. The topological polar surface area (TPSA) is 84.3 Å². The fourth-order valence-corrected chi connectivity index (χ4v) is 4.19. The van der Waals surface area contributed by atoms with Crippen LogP contribution in [0.4, 0.5) is 8.78 Å². The van der Waals surface area contributed by atoms with Crippen LogP contribution in [-0.4, -0.2) is 53.9 Å². The molecule has 39 heavy (non-hydrogen) atoms. The monoisotopic (exact) mass is 540 g/mol. The number of halogens is 2. The Hall–Kier alpha value is -4.25. The van der Waals surface area contributed by atoms with Crippen LogP contribution in [0.3, 0.4) is 0 Å². The van der Waals surface area contributed by atoms with Gasteiger partial charge in [-0.05, 0) is 41.8 Å². The van der Waals surface area contributed by atoms with Crippen LogP contribution in [-0.2, 0) is 17.9 Å². The van der Waals surface area contributed by atoms with Gasteiger partial charge < -0.3 is 9.64 Å².